The molecule has 0 aliphatic heterocycles. The topological polar surface area (TPSA) is 87.3 Å². The normalized spacial score (nSPS) is 10.7. The molecule has 0 fully saturated rings. The molecule has 0 aliphatic rings. The second-order valence-corrected chi connectivity index (χ2v) is 3.29. The van der Waals surface area contributed by atoms with Gasteiger partial charge in [0.15, 0.2) is 0 Å². The lowest BCUT2D eigenvalue weighted by atomic mass is 10.3. The molecule has 6 nitrogen and oxygen atoms in total. The SMILES string of the molecule is COC(=O)c1cnc(CCOCC(F)F)nc1N. The minimum Gasteiger partial charge on any atom is -0.465 e. The van der Waals surface area contributed by atoms with Crippen molar-refractivity contribution in [3.8, 4) is 0 Å². The van der Waals surface area contributed by atoms with Crippen LogP contribution in [0, 0.1) is 0 Å². The van der Waals surface area contributed by atoms with Crippen molar-refractivity contribution in [2.24, 2.45) is 0 Å². The molecule has 0 amide bonds. The number of halogens is 2. The predicted molar refractivity (Wildman–Crippen MR) is 58.3 cm³/mol. The van der Waals surface area contributed by atoms with Gasteiger partial charge in [-0.2, -0.15) is 0 Å². The zero-order valence-corrected chi connectivity index (χ0v) is 9.73. The predicted octanol–water partition coefficient (Wildman–Crippen LogP) is 0.670. The Kier molecular flexibility index (Phi) is 5.37. The number of methoxy groups -OCH3 is 1. The number of hydrogen-bond donors (Lipinski definition) is 1. The molecule has 0 aliphatic carbocycles. The van der Waals surface area contributed by atoms with E-state index in [1.165, 1.54) is 13.3 Å². The van der Waals surface area contributed by atoms with Gasteiger partial charge in [-0.1, -0.05) is 0 Å². The summed E-state index contributed by atoms with van der Waals surface area (Å²) in [5.41, 5.74) is 5.60. The Morgan fingerprint density at radius 1 is 1.56 bits per heavy atom. The number of esters is 1. The number of alkyl halides is 2. The monoisotopic (exact) mass is 261 g/mol. The third-order valence-corrected chi connectivity index (χ3v) is 1.99. The van der Waals surface area contributed by atoms with Crippen molar-refractivity contribution < 1.29 is 23.0 Å². The molecule has 0 spiro atoms. The fraction of sp³-hybridized carbons (Fsp3) is 0.500. The van der Waals surface area contributed by atoms with Crippen LogP contribution in [0.25, 0.3) is 0 Å². The van der Waals surface area contributed by atoms with Crippen molar-refractivity contribution in [1.29, 1.82) is 0 Å². The molecular formula is C10H13F2N3O3. The number of carbonyl (C=O) groups excluding carboxylic acids is 1. The summed E-state index contributed by atoms with van der Waals surface area (Å²) < 4.78 is 32.7. The van der Waals surface area contributed by atoms with Gasteiger partial charge in [0.25, 0.3) is 6.43 Å². The molecule has 0 saturated heterocycles. The van der Waals surface area contributed by atoms with Gasteiger partial charge in [0.05, 0.1) is 13.7 Å². The summed E-state index contributed by atoms with van der Waals surface area (Å²) in [4.78, 5) is 18.9. The Hall–Kier alpha value is -1.83. The highest BCUT2D eigenvalue weighted by molar-refractivity contribution is 5.93. The number of nitrogens with two attached hydrogens (primary N) is 1. The van der Waals surface area contributed by atoms with Gasteiger partial charge in [-0.25, -0.2) is 23.5 Å². The van der Waals surface area contributed by atoms with Crippen LogP contribution in [0.1, 0.15) is 16.2 Å². The van der Waals surface area contributed by atoms with Crippen molar-refractivity contribution >= 4 is 11.8 Å². The second-order valence-electron chi connectivity index (χ2n) is 3.29. The van der Waals surface area contributed by atoms with Crippen LogP contribution in [0.15, 0.2) is 6.20 Å². The standard InChI is InChI=1S/C10H13F2N3O3/c1-17-10(16)6-4-14-8(15-9(6)13)2-3-18-5-7(11)12/h4,7H,2-3,5H2,1H3,(H2,13,14,15). The molecule has 1 rings (SSSR count). The van der Waals surface area contributed by atoms with Crippen LogP contribution in [-0.4, -0.2) is 42.7 Å². The maximum atomic E-state index is 11.8. The van der Waals surface area contributed by atoms with Crippen LogP contribution in [0.2, 0.25) is 0 Å². The summed E-state index contributed by atoms with van der Waals surface area (Å²) in [6.07, 6.45) is -1.03. The molecular weight excluding hydrogens is 248 g/mol. The van der Waals surface area contributed by atoms with Gasteiger partial charge >= 0.3 is 5.97 Å². The van der Waals surface area contributed by atoms with E-state index in [0.29, 0.717) is 5.82 Å². The van der Waals surface area contributed by atoms with Crippen LogP contribution in [0.3, 0.4) is 0 Å². The molecule has 1 heterocycles. The number of hydrogen-bond acceptors (Lipinski definition) is 6. The van der Waals surface area contributed by atoms with E-state index in [9.17, 15) is 13.6 Å². The lowest BCUT2D eigenvalue weighted by Gasteiger charge is -2.05. The summed E-state index contributed by atoms with van der Waals surface area (Å²) in [6, 6.07) is 0. The third-order valence-electron chi connectivity index (χ3n) is 1.99. The Labute approximate surface area is 102 Å². The lowest BCUT2D eigenvalue weighted by molar-refractivity contribution is 0.0183. The quantitative estimate of drug-likeness (QED) is 0.598. The van der Waals surface area contributed by atoms with E-state index in [2.05, 4.69) is 19.4 Å². The number of nitrogens with zero attached hydrogens (tertiary/aromatic N) is 2. The molecule has 0 atom stereocenters. The van der Waals surface area contributed by atoms with E-state index in [1.54, 1.807) is 0 Å². The lowest BCUT2D eigenvalue weighted by Crippen LogP contribution is -2.12. The molecule has 100 valence electrons. The summed E-state index contributed by atoms with van der Waals surface area (Å²) in [5.74, 6) is -0.330. The van der Waals surface area contributed by atoms with Gasteiger partial charge in [0, 0.05) is 12.6 Å². The van der Waals surface area contributed by atoms with Gasteiger partial charge in [-0.05, 0) is 0 Å². The summed E-state index contributed by atoms with van der Waals surface area (Å²) in [6.45, 7) is -0.572. The first kappa shape index (κ1) is 14.2. The first-order valence-electron chi connectivity index (χ1n) is 5.10. The van der Waals surface area contributed by atoms with Crippen molar-refractivity contribution in [2.45, 2.75) is 12.8 Å². The largest absolute Gasteiger partial charge is 0.465 e. The zero-order chi connectivity index (χ0) is 13.5. The molecule has 0 unspecified atom stereocenters. The van der Waals surface area contributed by atoms with E-state index < -0.39 is 19.0 Å². The maximum Gasteiger partial charge on any atom is 0.343 e. The highest BCUT2D eigenvalue weighted by Crippen LogP contribution is 2.09. The van der Waals surface area contributed by atoms with Gasteiger partial charge in [0.2, 0.25) is 0 Å². The Morgan fingerprint density at radius 2 is 2.28 bits per heavy atom. The number of rotatable bonds is 6. The smallest absolute Gasteiger partial charge is 0.343 e. The minimum atomic E-state index is -2.50. The number of ether oxygens (including phenoxy) is 2. The minimum absolute atomic E-state index is 0.0132. The van der Waals surface area contributed by atoms with Crippen LogP contribution in [0.4, 0.5) is 14.6 Å². The molecule has 2 N–H and O–H groups in total. The molecule has 18 heavy (non-hydrogen) atoms. The van der Waals surface area contributed by atoms with Crippen LogP contribution in [-0.2, 0) is 15.9 Å². The molecule has 1 aromatic rings. The number of aromatic nitrogens is 2. The number of nitrogen functional groups attached to an aromatic ring is 1. The molecule has 1 aromatic heterocycles. The highest BCUT2D eigenvalue weighted by atomic mass is 19.3. The van der Waals surface area contributed by atoms with Crippen molar-refractivity contribution in [1.82, 2.24) is 9.97 Å². The average molecular weight is 261 g/mol. The van der Waals surface area contributed by atoms with Crippen molar-refractivity contribution in [3.05, 3.63) is 17.6 Å². The molecule has 0 saturated carbocycles. The second kappa shape index (κ2) is 6.80. The maximum absolute atomic E-state index is 11.8. The average Bonchev–Trinajstić information content (AvgIpc) is 2.33. The Morgan fingerprint density at radius 3 is 2.83 bits per heavy atom. The van der Waals surface area contributed by atoms with E-state index in [-0.39, 0.29) is 24.4 Å². The van der Waals surface area contributed by atoms with Crippen LogP contribution < -0.4 is 5.73 Å². The van der Waals surface area contributed by atoms with Gasteiger partial charge < -0.3 is 15.2 Å². The van der Waals surface area contributed by atoms with Crippen molar-refractivity contribution in [3.63, 3.8) is 0 Å². The Bertz CT molecular complexity index is 415. The van der Waals surface area contributed by atoms with Crippen LogP contribution in [0.5, 0.6) is 0 Å². The fourth-order valence-corrected chi connectivity index (χ4v) is 1.16. The van der Waals surface area contributed by atoms with Gasteiger partial charge in [-0.15, -0.1) is 0 Å². The van der Waals surface area contributed by atoms with E-state index in [1.807, 2.05) is 0 Å². The number of carbonyl (C=O) groups is 1. The van der Waals surface area contributed by atoms with Gasteiger partial charge in [0.1, 0.15) is 23.8 Å². The summed E-state index contributed by atoms with van der Waals surface area (Å²) in [7, 11) is 1.22. The zero-order valence-electron chi connectivity index (χ0n) is 9.73. The molecule has 0 bridgehead atoms. The van der Waals surface area contributed by atoms with Crippen molar-refractivity contribution in [2.75, 3.05) is 26.1 Å². The third kappa shape index (κ3) is 4.21. The Balaban J connectivity index is 2.54. The molecule has 0 radical (unpaired) electrons. The van der Waals surface area contributed by atoms with E-state index >= 15 is 0 Å². The fourth-order valence-electron chi connectivity index (χ4n) is 1.16. The summed E-state index contributed by atoms with van der Waals surface area (Å²) in [5, 5.41) is 0. The molecule has 0 aromatic carbocycles. The molecule has 8 heteroatoms. The number of anilines is 1. The van der Waals surface area contributed by atoms with Gasteiger partial charge in [-0.3, -0.25) is 0 Å². The summed E-state index contributed by atoms with van der Waals surface area (Å²) >= 11 is 0. The first-order chi connectivity index (χ1) is 8.54. The van der Waals surface area contributed by atoms with E-state index in [4.69, 9.17) is 5.73 Å². The highest BCUT2D eigenvalue weighted by Gasteiger charge is 2.12. The van der Waals surface area contributed by atoms with E-state index in [0.717, 1.165) is 0 Å². The van der Waals surface area contributed by atoms with Crippen LogP contribution >= 0.6 is 0 Å². The first-order valence-corrected chi connectivity index (χ1v) is 5.10.